The van der Waals surface area contributed by atoms with Gasteiger partial charge in [0.25, 0.3) is 0 Å². The number of carbonyl (C=O) groups excluding carboxylic acids is 1. The first-order valence-electron chi connectivity index (χ1n) is 3.15. The smallest absolute Gasteiger partial charge is 0.234 e. The highest BCUT2D eigenvalue weighted by Gasteiger charge is 2.12. The van der Waals surface area contributed by atoms with E-state index in [0.29, 0.717) is 6.42 Å². The van der Waals surface area contributed by atoms with E-state index in [0.717, 1.165) is 0 Å². The van der Waals surface area contributed by atoms with Crippen LogP contribution in [0, 0.1) is 0 Å². The predicted molar refractivity (Wildman–Crippen MR) is 38.3 cm³/mol. The van der Waals surface area contributed by atoms with Crippen LogP contribution in [0.4, 0.5) is 0 Å². The summed E-state index contributed by atoms with van der Waals surface area (Å²) >= 11 is 0. The van der Waals surface area contributed by atoms with E-state index in [9.17, 15) is 4.79 Å². The minimum absolute atomic E-state index is 0.0116. The third kappa shape index (κ3) is 3.42. The summed E-state index contributed by atoms with van der Waals surface area (Å²) in [6, 6.07) is -0.588. The van der Waals surface area contributed by atoms with Crippen molar-refractivity contribution in [2.45, 2.75) is 25.5 Å². The van der Waals surface area contributed by atoms with Gasteiger partial charge < -0.3 is 16.2 Å². The number of hydrogen-bond donors (Lipinski definition) is 2. The maximum absolute atomic E-state index is 10.4. The number of nitrogens with two attached hydrogens (primary N) is 2. The average Bonchev–Trinajstić information content (AvgIpc) is 1.87. The summed E-state index contributed by atoms with van der Waals surface area (Å²) < 4.78 is 4.88. The Morgan fingerprint density at radius 1 is 1.70 bits per heavy atom. The molecule has 4 heteroatoms. The Morgan fingerprint density at radius 2 is 2.20 bits per heavy atom. The molecule has 0 aliphatic carbocycles. The van der Waals surface area contributed by atoms with Gasteiger partial charge in [-0.2, -0.15) is 0 Å². The fourth-order valence-corrected chi connectivity index (χ4v) is 0.570. The van der Waals surface area contributed by atoms with E-state index in [4.69, 9.17) is 16.2 Å². The van der Waals surface area contributed by atoms with E-state index < -0.39 is 11.9 Å². The summed E-state index contributed by atoms with van der Waals surface area (Å²) in [5.74, 6) is -0.482. The molecule has 0 aliphatic rings. The van der Waals surface area contributed by atoms with Gasteiger partial charge in [-0.05, 0) is 13.3 Å². The molecule has 1 amide bonds. The van der Waals surface area contributed by atoms with Crippen molar-refractivity contribution in [1.82, 2.24) is 0 Å². The molecule has 4 N–H and O–H groups in total. The van der Waals surface area contributed by atoms with Gasteiger partial charge in [-0.25, -0.2) is 0 Å². The zero-order chi connectivity index (χ0) is 8.15. The van der Waals surface area contributed by atoms with Gasteiger partial charge in [0.1, 0.15) is 0 Å². The van der Waals surface area contributed by atoms with Crippen LogP contribution >= 0.6 is 0 Å². The lowest BCUT2D eigenvalue weighted by Crippen LogP contribution is -2.38. The molecule has 0 bridgehead atoms. The van der Waals surface area contributed by atoms with Crippen LogP contribution in [0.25, 0.3) is 0 Å². The SMILES string of the molecule is COC(C)CC(N)C(N)=O. The molecule has 0 saturated carbocycles. The minimum Gasteiger partial charge on any atom is -0.382 e. The Morgan fingerprint density at radius 3 is 2.50 bits per heavy atom. The molecule has 60 valence electrons. The largest absolute Gasteiger partial charge is 0.382 e. The molecule has 0 spiro atoms. The second kappa shape index (κ2) is 4.24. The van der Waals surface area contributed by atoms with Gasteiger partial charge in [-0.3, -0.25) is 4.79 Å². The minimum atomic E-state index is -0.588. The van der Waals surface area contributed by atoms with Gasteiger partial charge >= 0.3 is 0 Å². The van der Waals surface area contributed by atoms with E-state index in [2.05, 4.69) is 0 Å². The standard InChI is InChI=1S/C6H14N2O2/c1-4(10-2)3-5(7)6(8)9/h4-5H,3,7H2,1-2H3,(H2,8,9). The monoisotopic (exact) mass is 146 g/mol. The van der Waals surface area contributed by atoms with Crippen LogP contribution in [0.3, 0.4) is 0 Å². The highest BCUT2D eigenvalue weighted by molar-refractivity contribution is 5.79. The first-order chi connectivity index (χ1) is 4.57. The summed E-state index contributed by atoms with van der Waals surface area (Å²) in [5.41, 5.74) is 10.3. The van der Waals surface area contributed by atoms with Crippen LogP contribution < -0.4 is 11.5 Å². The molecular weight excluding hydrogens is 132 g/mol. The van der Waals surface area contributed by atoms with Crippen LogP contribution in [0.5, 0.6) is 0 Å². The molecule has 0 fully saturated rings. The van der Waals surface area contributed by atoms with Crippen LogP contribution in [-0.2, 0) is 9.53 Å². The third-order valence-electron chi connectivity index (χ3n) is 1.35. The van der Waals surface area contributed by atoms with Crippen LogP contribution in [0.2, 0.25) is 0 Å². The van der Waals surface area contributed by atoms with Crippen LogP contribution in [0.15, 0.2) is 0 Å². The predicted octanol–water partition coefficient (Wildman–Crippen LogP) is -0.776. The fourth-order valence-electron chi connectivity index (χ4n) is 0.570. The van der Waals surface area contributed by atoms with E-state index in [1.807, 2.05) is 6.92 Å². The lowest BCUT2D eigenvalue weighted by molar-refractivity contribution is -0.120. The average molecular weight is 146 g/mol. The molecule has 0 aromatic heterocycles. The number of primary amides is 1. The lowest BCUT2D eigenvalue weighted by Gasteiger charge is -2.12. The second-order valence-electron chi connectivity index (χ2n) is 2.29. The second-order valence-corrected chi connectivity index (χ2v) is 2.29. The molecule has 2 unspecified atom stereocenters. The third-order valence-corrected chi connectivity index (χ3v) is 1.35. The summed E-state index contributed by atoms with van der Waals surface area (Å²) in [5, 5.41) is 0. The van der Waals surface area contributed by atoms with E-state index in [-0.39, 0.29) is 6.10 Å². The molecule has 0 aliphatic heterocycles. The van der Waals surface area contributed by atoms with E-state index in [1.54, 1.807) is 7.11 Å². The van der Waals surface area contributed by atoms with Gasteiger partial charge in [-0.15, -0.1) is 0 Å². The Balaban J connectivity index is 3.56. The number of ether oxygens (including phenoxy) is 1. The van der Waals surface area contributed by atoms with Crippen molar-refractivity contribution in [1.29, 1.82) is 0 Å². The maximum Gasteiger partial charge on any atom is 0.234 e. The Kier molecular flexibility index (Phi) is 3.99. The quantitative estimate of drug-likeness (QED) is 0.546. The molecule has 0 aromatic carbocycles. The van der Waals surface area contributed by atoms with Crippen molar-refractivity contribution in [2.24, 2.45) is 11.5 Å². The molecule has 0 rings (SSSR count). The zero-order valence-electron chi connectivity index (χ0n) is 6.33. The summed E-state index contributed by atoms with van der Waals surface area (Å²) in [6.45, 7) is 1.84. The van der Waals surface area contributed by atoms with Gasteiger partial charge in [0.15, 0.2) is 0 Å². The van der Waals surface area contributed by atoms with Crippen molar-refractivity contribution >= 4 is 5.91 Å². The first-order valence-corrected chi connectivity index (χ1v) is 3.15. The normalized spacial score (nSPS) is 16.3. The first kappa shape index (κ1) is 9.39. The molecule has 0 saturated heterocycles. The molecule has 0 aromatic rings. The highest BCUT2D eigenvalue weighted by Crippen LogP contribution is 1.97. The summed E-state index contributed by atoms with van der Waals surface area (Å²) in [6.07, 6.45) is 0.466. The molecule has 10 heavy (non-hydrogen) atoms. The Labute approximate surface area is 60.5 Å². The topological polar surface area (TPSA) is 78.3 Å². The van der Waals surface area contributed by atoms with Crippen molar-refractivity contribution in [2.75, 3.05) is 7.11 Å². The van der Waals surface area contributed by atoms with Crippen molar-refractivity contribution in [3.8, 4) is 0 Å². The molecular formula is C6H14N2O2. The molecule has 4 nitrogen and oxygen atoms in total. The Hall–Kier alpha value is -0.610. The lowest BCUT2D eigenvalue weighted by atomic mass is 10.1. The van der Waals surface area contributed by atoms with Gasteiger partial charge in [0.05, 0.1) is 12.1 Å². The van der Waals surface area contributed by atoms with Crippen molar-refractivity contribution < 1.29 is 9.53 Å². The molecule has 2 atom stereocenters. The number of rotatable bonds is 4. The van der Waals surface area contributed by atoms with Crippen molar-refractivity contribution in [3.05, 3.63) is 0 Å². The van der Waals surface area contributed by atoms with E-state index >= 15 is 0 Å². The maximum atomic E-state index is 10.4. The summed E-state index contributed by atoms with van der Waals surface area (Å²) in [7, 11) is 1.57. The van der Waals surface area contributed by atoms with Gasteiger partial charge in [0.2, 0.25) is 5.91 Å². The number of methoxy groups -OCH3 is 1. The number of hydrogen-bond acceptors (Lipinski definition) is 3. The number of carbonyl (C=O) groups is 1. The number of amides is 1. The zero-order valence-corrected chi connectivity index (χ0v) is 6.33. The highest BCUT2D eigenvalue weighted by atomic mass is 16.5. The van der Waals surface area contributed by atoms with Crippen molar-refractivity contribution in [3.63, 3.8) is 0 Å². The van der Waals surface area contributed by atoms with E-state index in [1.165, 1.54) is 0 Å². The molecule has 0 heterocycles. The Bertz CT molecular complexity index is 116. The van der Waals surface area contributed by atoms with Gasteiger partial charge in [0, 0.05) is 7.11 Å². The van der Waals surface area contributed by atoms with Crippen LogP contribution in [-0.4, -0.2) is 25.2 Å². The fraction of sp³-hybridized carbons (Fsp3) is 0.833. The van der Waals surface area contributed by atoms with Gasteiger partial charge in [-0.1, -0.05) is 0 Å². The molecule has 0 radical (unpaired) electrons. The summed E-state index contributed by atoms with van der Waals surface area (Å²) in [4.78, 5) is 10.4. The van der Waals surface area contributed by atoms with Crippen LogP contribution in [0.1, 0.15) is 13.3 Å².